The number of ether oxygens (including phenoxy) is 2. The Kier molecular flexibility index (Phi) is 3.73. The molecule has 130 valence electrons. The lowest BCUT2D eigenvalue weighted by Gasteiger charge is -2.13. The summed E-state index contributed by atoms with van der Waals surface area (Å²) < 4.78 is 11.0. The lowest BCUT2D eigenvalue weighted by Crippen LogP contribution is -2.31. The zero-order valence-electron chi connectivity index (χ0n) is 14.0. The van der Waals surface area contributed by atoms with Gasteiger partial charge in [0, 0.05) is 22.2 Å². The quantitative estimate of drug-likeness (QED) is 0.676. The maximum Gasteiger partial charge on any atom is 0.350 e. The van der Waals surface area contributed by atoms with Crippen LogP contribution >= 0.6 is 11.3 Å². The van der Waals surface area contributed by atoms with Crippen molar-refractivity contribution in [2.45, 2.75) is 18.4 Å². The van der Waals surface area contributed by atoms with Crippen molar-refractivity contribution in [3.63, 3.8) is 0 Å². The molecule has 7 nitrogen and oxygen atoms in total. The third-order valence-electron chi connectivity index (χ3n) is 4.43. The van der Waals surface area contributed by atoms with Crippen molar-refractivity contribution in [3.05, 3.63) is 23.2 Å². The molecule has 1 saturated carbocycles. The summed E-state index contributed by atoms with van der Waals surface area (Å²) in [6.07, 6.45) is 3.53. The Hall–Kier alpha value is -2.45. The van der Waals surface area contributed by atoms with Crippen LogP contribution in [0.3, 0.4) is 0 Å². The van der Waals surface area contributed by atoms with Crippen LogP contribution in [0.15, 0.2) is 18.3 Å². The minimum atomic E-state index is -0.375. The Bertz CT molecular complexity index is 981. The van der Waals surface area contributed by atoms with E-state index in [0.717, 1.165) is 22.9 Å². The van der Waals surface area contributed by atoms with E-state index in [9.17, 15) is 4.79 Å². The van der Waals surface area contributed by atoms with Crippen LogP contribution in [0.25, 0.3) is 21.1 Å². The van der Waals surface area contributed by atoms with Gasteiger partial charge in [-0.1, -0.05) is 0 Å². The maximum absolute atomic E-state index is 12.2. The molecule has 8 heteroatoms. The van der Waals surface area contributed by atoms with Crippen LogP contribution in [-0.2, 0) is 4.74 Å². The number of hydrogen-bond donors (Lipinski definition) is 2. The summed E-state index contributed by atoms with van der Waals surface area (Å²) in [5, 5.41) is 4.22. The van der Waals surface area contributed by atoms with E-state index in [4.69, 9.17) is 15.2 Å². The average Bonchev–Trinajstić information content (AvgIpc) is 3.25. The van der Waals surface area contributed by atoms with Gasteiger partial charge in [-0.15, -0.1) is 11.3 Å². The minimum Gasteiger partial charge on any atom is -0.480 e. The van der Waals surface area contributed by atoms with Crippen molar-refractivity contribution in [1.29, 1.82) is 0 Å². The number of thiophene rings is 1. The topological polar surface area (TPSA) is 99.4 Å². The number of carbonyl (C=O) groups excluding carboxylic acids is 1. The third-order valence-corrected chi connectivity index (χ3v) is 5.57. The highest BCUT2D eigenvalue weighted by Gasteiger charge is 2.38. The monoisotopic (exact) mass is 358 g/mol. The predicted octanol–water partition coefficient (Wildman–Crippen LogP) is 2.54. The average molecular weight is 358 g/mol. The number of nitrogens with one attached hydrogen (secondary N) is 1. The van der Waals surface area contributed by atoms with E-state index < -0.39 is 0 Å². The fourth-order valence-electron chi connectivity index (χ4n) is 2.76. The number of anilines is 1. The Balaban J connectivity index is 1.91. The first-order valence-corrected chi connectivity index (χ1v) is 8.73. The smallest absolute Gasteiger partial charge is 0.350 e. The number of hydrogen-bond acceptors (Lipinski definition) is 8. The summed E-state index contributed by atoms with van der Waals surface area (Å²) in [4.78, 5) is 21.7. The van der Waals surface area contributed by atoms with Crippen LogP contribution in [0.5, 0.6) is 5.88 Å². The number of nitrogens with two attached hydrogens (primary N) is 1. The number of methoxy groups -OCH3 is 2. The number of esters is 1. The molecule has 3 aromatic rings. The fourth-order valence-corrected chi connectivity index (χ4v) is 3.86. The van der Waals surface area contributed by atoms with Gasteiger partial charge in [-0.05, 0) is 25.0 Å². The molecule has 4 rings (SSSR count). The van der Waals surface area contributed by atoms with E-state index in [1.807, 2.05) is 12.1 Å². The number of carbonyl (C=O) groups is 1. The summed E-state index contributed by atoms with van der Waals surface area (Å²) in [6.45, 7) is 0.600. The van der Waals surface area contributed by atoms with Crippen molar-refractivity contribution in [2.75, 3.05) is 26.1 Å². The van der Waals surface area contributed by atoms with Crippen molar-refractivity contribution in [1.82, 2.24) is 9.97 Å². The summed E-state index contributed by atoms with van der Waals surface area (Å²) in [7, 11) is 2.93. The number of rotatable bonds is 5. The molecule has 25 heavy (non-hydrogen) atoms. The molecule has 1 aliphatic rings. The molecule has 1 aromatic carbocycles. The lowest BCUT2D eigenvalue weighted by molar-refractivity contribution is 0.0607. The third kappa shape index (κ3) is 2.77. The number of benzene rings is 1. The van der Waals surface area contributed by atoms with Crippen molar-refractivity contribution in [2.24, 2.45) is 5.73 Å². The van der Waals surface area contributed by atoms with E-state index >= 15 is 0 Å². The Labute approximate surface area is 148 Å². The molecule has 0 atom stereocenters. The molecule has 0 bridgehead atoms. The first kappa shape index (κ1) is 16.0. The molecule has 0 unspecified atom stereocenters. The van der Waals surface area contributed by atoms with E-state index in [2.05, 4.69) is 15.3 Å². The second-order valence-electron chi connectivity index (χ2n) is 6.23. The molecule has 0 saturated heterocycles. The molecule has 1 aliphatic carbocycles. The van der Waals surface area contributed by atoms with Gasteiger partial charge in [0.15, 0.2) is 0 Å². The first-order valence-electron chi connectivity index (χ1n) is 7.92. The van der Waals surface area contributed by atoms with Gasteiger partial charge < -0.3 is 20.5 Å². The zero-order chi connectivity index (χ0) is 17.6. The highest BCUT2D eigenvalue weighted by Crippen LogP contribution is 2.41. The minimum absolute atomic E-state index is 0.193. The molecule has 0 amide bonds. The van der Waals surface area contributed by atoms with Crippen molar-refractivity contribution < 1.29 is 14.3 Å². The van der Waals surface area contributed by atoms with Gasteiger partial charge in [0.1, 0.15) is 4.88 Å². The molecular weight excluding hydrogens is 340 g/mol. The standard InChI is InChI=1S/C17H18N4O3S/c1-23-11-7-19-13-9(21-11)3-4-10-12(13)14(15(25-10)16(22)24-2)20-8-17(18)5-6-17/h3-4,7,20H,5-6,8,18H2,1-2H3. The van der Waals surface area contributed by atoms with Gasteiger partial charge in [-0.25, -0.2) is 14.8 Å². The second-order valence-corrected chi connectivity index (χ2v) is 7.28. The SMILES string of the molecule is COC(=O)c1sc2ccc3nc(OC)cnc3c2c1NCC1(N)CC1. The van der Waals surface area contributed by atoms with Gasteiger partial charge in [0.2, 0.25) is 5.88 Å². The van der Waals surface area contributed by atoms with Crippen LogP contribution in [0.4, 0.5) is 5.69 Å². The van der Waals surface area contributed by atoms with Crippen molar-refractivity contribution >= 4 is 44.1 Å². The molecule has 1 fully saturated rings. The highest BCUT2D eigenvalue weighted by atomic mass is 32.1. The van der Waals surface area contributed by atoms with Crippen molar-refractivity contribution in [3.8, 4) is 5.88 Å². The van der Waals surface area contributed by atoms with E-state index in [-0.39, 0.29) is 11.5 Å². The largest absolute Gasteiger partial charge is 0.480 e. The zero-order valence-corrected chi connectivity index (χ0v) is 14.8. The van der Waals surface area contributed by atoms with Gasteiger partial charge in [-0.2, -0.15) is 0 Å². The van der Waals surface area contributed by atoms with Crippen LogP contribution in [-0.4, -0.2) is 42.2 Å². The normalized spacial score (nSPS) is 15.3. The van der Waals surface area contributed by atoms with Gasteiger partial charge in [0.05, 0.1) is 37.1 Å². The maximum atomic E-state index is 12.2. The summed E-state index contributed by atoms with van der Waals surface area (Å²) in [5.74, 6) is 0.0730. The second kappa shape index (κ2) is 5.82. The predicted molar refractivity (Wildman–Crippen MR) is 97.5 cm³/mol. The number of fused-ring (bicyclic) bond motifs is 3. The number of nitrogens with zero attached hydrogens (tertiary/aromatic N) is 2. The molecule has 0 aliphatic heterocycles. The molecule has 3 N–H and O–H groups in total. The fraction of sp³-hybridized carbons (Fsp3) is 0.353. The van der Waals surface area contributed by atoms with Crippen LogP contribution in [0, 0.1) is 0 Å². The molecule has 2 aromatic heterocycles. The van der Waals surface area contributed by atoms with E-state index in [1.165, 1.54) is 18.4 Å². The molecular formula is C17H18N4O3S. The van der Waals surface area contributed by atoms with Crippen LogP contribution in [0.1, 0.15) is 22.5 Å². The lowest BCUT2D eigenvalue weighted by atomic mass is 10.1. The van der Waals surface area contributed by atoms with E-state index in [1.54, 1.807) is 13.3 Å². The van der Waals surface area contributed by atoms with Crippen LogP contribution < -0.4 is 15.8 Å². The summed E-state index contributed by atoms with van der Waals surface area (Å²) in [5.41, 5.74) is 8.14. The molecule has 0 spiro atoms. The number of aromatic nitrogens is 2. The molecule has 0 radical (unpaired) electrons. The van der Waals surface area contributed by atoms with Gasteiger partial charge >= 0.3 is 5.97 Å². The first-order chi connectivity index (χ1) is 12.0. The van der Waals surface area contributed by atoms with Gasteiger partial charge in [-0.3, -0.25) is 0 Å². The Morgan fingerprint density at radius 2 is 2.20 bits per heavy atom. The highest BCUT2D eigenvalue weighted by molar-refractivity contribution is 7.21. The van der Waals surface area contributed by atoms with E-state index in [0.29, 0.717) is 34.0 Å². The van der Waals surface area contributed by atoms with Crippen LogP contribution in [0.2, 0.25) is 0 Å². The summed E-state index contributed by atoms with van der Waals surface area (Å²) in [6, 6.07) is 3.81. The summed E-state index contributed by atoms with van der Waals surface area (Å²) >= 11 is 1.38. The van der Waals surface area contributed by atoms with Gasteiger partial charge in [0.25, 0.3) is 0 Å². The Morgan fingerprint density at radius 1 is 1.40 bits per heavy atom. The Morgan fingerprint density at radius 3 is 2.88 bits per heavy atom. The molecule has 2 heterocycles.